The molecule has 218 valence electrons. The van der Waals surface area contributed by atoms with Gasteiger partial charge in [0.25, 0.3) is 5.91 Å². The van der Waals surface area contributed by atoms with Crippen LogP contribution < -0.4 is 4.74 Å². The molecular weight excluding hydrogens is 528 g/mol. The number of nitrogens with zero attached hydrogens (tertiary/aromatic N) is 3. The number of carbonyl (C=O) groups excluding carboxylic acids is 3. The van der Waals surface area contributed by atoms with Gasteiger partial charge in [-0.3, -0.25) is 14.4 Å². The van der Waals surface area contributed by atoms with E-state index in [4.69, 9.17) is 16.3 Å². The summed E-state index contributed by atoms with van der Waals surface area (Å²) >= 11 is 6.22. The van der Waals surface area contributed by atoms with Crippen LogP contribution in [-0.4, -0.2) is 84.7 Å². The first-order chi connectivity index (χ1) is 18.4. The number of likely N-dealkylation sites (N-methyl/N-ethyl adjacent to an activating group) is 2. The van der Waals surface area contributed by atoms with Gasteiger partial charge in [-0.25, -0.2) is 8.78 Å². The summed E-state index contributed by atoms with van der Waals surface area (Å²) in [5.74, 6) is -3.35. The maximum absolute atomic E-state index is 13.7. The highest BCUT2D eigenvalue weighted by Gasteiger charge is 2.38. The predicted molar refractivity (Wildman–Crippen MR) is 147 cm³/mol. The molecule has 0 aromatic heterocycles. The number of alkyl halides is 2. The molecule has 3 rings (SSSR count). The first-order valence-electron chi connectivity index (χ1n) is 14.0. The highest BCUT2D eigenvalue weighted by atomic mass is 35.5. The Morgan fingerprint density at radius 3 is 2.28 bits per heavy atom. The minimum atomic E-state index is -2.68. The molecule has 1 saturated carbocycles. The van der Waals surface area contributed by atoms with Gasteiger partial charge in [0.15, 0.2) is 0 Å². The van der Waals surface area contributed by atoms with Crippen LogP contribution in [0.5, 0.6) is 5.75 Å². The third-order valence-electron chi connectivity index (χ3n) is 7.80. The van der Waals surface area contributed by atoms with Gasteiger partial charge in [-0.15, -0.1) is 0 Å². The van der Waals surface area contributed by atoms with Crippen LogP contribution in [0.3, 0.4) is 0 Å². The average molecular weight is 570 g/mol. The number of hydrogen-bond donors (Lipinski definition) is 0. The van der Waals surface area contributed by atoms with Gasteiger partial charge in [-0.2, -0.15) is 0 Å². The summed E-state index contributed by atoms with van der Waals surface area (Å²) < 4.78 is 33.3. The average Bonchev–Trinajstić information content (AvgIpc) is 2.88. The van der Waals surface area contributed by atoms with Crippen molar-refractivity contribution < 1.29 is 27.9 Å². The molecule has 1 fully saturated rings. The molecule has 7 nitrogen and oxygen atoms in total. The maximum atomic E-state index is 13.7. The second-order valence-corrected chi connectivity index (χ2v) is 11.7. The topological polar surface area (TPSA) is 70.2 Å². The summed E-state index contributed by atoms with van der Waals surface area (Å²) in [6.45, 7) is 5.65. The maximum Gasteiger partial charge on any atom is 0.258 e. The summed E-state index contributed by atoms with van der Waals surface area (Å²) in [6.07, 6.45) is 2.62. The monoisotopic (exact) mass is 569 g/mol. The lowest BCUT2D eigenvalue weighted by molar-refractivity contribution is -0.140. The van der Waals surface area contributed by atoms with Crippen molar-refractivity contribution in [3.05, 3.63) is 28.8 Å². The second kappa shape index (κ2) is 13.8. The molecule has 1 heterocycles. The van der Waals surface area contributed by atoms with Crippen molar-refractivity contribution in [2.75, 3.05) is 40.3 Å². The van der Waals surface area contributed by atoms with Crippen LogP contribution in [-0.2, 0) is 9.59 Å². The summed E-state index contributed by atoms with van der Waals surface area (Å²) in [6, 6.07) is 4.20. The third kappa shape index (κ3) is 8.29. The van der Waals surface area contributed by atoms with Crippen LogP contribution in [0.15, 0.2) is 18.2 Å². The number of rotatable bonds is 2. The fourth-order valence-electron chi connectivity index (χ4n) is 5.46. The smallest absolute Gasteiger partial charge is 0.258 e. The van der Waals surface area contributed by atoms with Crippen molar-refractivity contribution in [3.63, 3.8) is 0 Å². The van der Waals surface area contributed by atoms with Gasteiger partial charge in [0.1, 0.15) is 11.8 Å². The molecule has 0 N–H and O–H groups in total. The van der Waals surface area contributed by atoms with Crippen molar-refractivity contribution in [1.82, 2.24) is 14.7 Å². The molecule has 1 aliphatic carbocycles. The Labute approximate surface area is 235 Å². The molecule has 1 atom stereocenters. The van der Waals surface area contributed by atoms with E-state index in [1.807, 2.05) is 13.8 Å². The minimum absolute atomic E-state index is 0.0548. The van der Waals surface area contributed by atoms with E-state index in [9.17, 15) is 23.2 Å². The van der Waals surface area contributed by atoms with Crippen LogP contribution in [0.4, 0.5) is 8.78 Å². The molecule has 0 bridgehead atoms. The number of fused-ring (bicyclic) bond motifs is 1. The largest absolute Gasteiger partial charge is 0.493 e. The van der Waals surface area contributed by atoms with Crippen molar-refractivity contribution >= 4 is 29.3 Å². The zero-order valence-electron chi connectivity index (χ0n) is 23.6. The number of halogens is 3. The Morgan fingerprint density at radius 1 is 1.03 bits per heavy atom. The van der Waals surface area contributed by atoms with Gasteiger partial charge in [-0.05, 0) is 62.6 Å². The molecular formula is C29H42ClF2N3O4. The Kier molecular flexibility index (Phi) is 11.0. The lowest BCUT2D eigenvalue weighted by atomic mass is 9.86. The Hall–Kier alpha value is -2.42. The molecule has 0 saturated heterocycles. The lowest BCUT2D eigenvalue weighted by Gasteiger charge is -2.34. The molecule has 1 aromatic rings. The number of hydrogen-bond acceptors (Lipinski definition) is 4. The molecule has 1 aliphatic heterocycles. The highest BCUT2D eigenvalue weighted by molar-refractivity contribution is 6.31. The minimum Gasteiger partial charge on any atom is -0.493 e. The van der Waals surface area contributed by atoms with Gasteiger partial charge in [-0.1, -0.05) is 25.4 Å². The van der Waals surface area contributed by atoms with E-state index in [0.717, 1.165) is 0 Å². The van der Waals surface area contributed by atoms with Crippen molar-refractivity contribution in [1.29, 1.82) is 0 Å². The predicted octanol–water partition coefficient (Wildman–Crippen LogP) is 5.50. The van der Waals surface area contributed by atoms with Crippen LogP contribution in [0, 0.1) is 11.8 Å². The fourth-order valence-corrected chi connectivity index (χ4v) is 5.63. The quantitative estimate of drug-likeness (QED) is 0.471. The Balaban J connectivity index is 1.80. The number of ether oxygens (including phenoxy) is 1. The number of benzene rings is 1. The fraction of sp³-hybridized carbons (Fsp3) is 0.690. The second-order valence-electron chi connectivity index (χ2n) is 11.2. The zero-order chi connectivity index (χ0) is 28.7. The van der Waals surface area contributed by atoms with Crippen molar-refractivity contribution in [2.45, 2.75) is 77.2 Å². The first kappa shape index (κ1) is 31.1. The third-order valence-corrected chi connectivity index (χ3v) is 8.03. The standard InChI is InChI=1S/C29H42ClF2N3O4/c1-20(2)25-28(38)33(3)15-5-6-16-35(26(36)21-11-13-29(31,32)14-12-21)17-7-8-18-39-24-10-9-22(30)19-23(24)27(37)34(25)4/h9-10,19-21,25H,5-8,11-18H2,1-4H3/t25-/m0/s1. The van der Waals surface area contributed by atoms with Gasteiger partial charge in [0.2, 0.25) is 17.7 Å². The van der Waals surface area contributed by atoms with Crippen LogP contribution in [0.1, 0.15) is 75.6 Å². The number of carbonyl (C=O) groups is 3. The SMILES string of the molecule is CC(C)[C@H]1C(=O)N(C)CCCCN(C(=O)C2CCC(F)(F)CC2)CCCCOc2ccc(Cl)cc2C(=O)N1C. The van der Waals surface area contributed by atoms with E-state index >= 15 is 0 Å². The zero-order valence-corrected chi connectivity index (χ0v) is 24.3. The Bertz CT molecular complexity index is 1010. The van der Waals surface area contributed by atoms with Crippen molar-refractivity contribution in [3.8, 4) is 5.75 Å². The van der Waals surface area contributed by atoms with Gasteiger partial charge >= 0.3 is 0 Å². The molecule has 3 amide bonds. The normalized spacial score (nSPS) is 22.9. The van der Waals surface area contributed by atoms with E-state index in [0.29, 0.717) is 68.3 Å². The molecule has 0 radical (unpaired) electrons. The summed E-state index contributed by atoms with van der Waals surface area (Å²) in [4.78, 5) is 45.2. The molecule has 0 unspecified atom stereocenters. The molecule has 2 aliphatic rings. The summed E-state index contributed by atoms with van der Waals surface area (Å²) in [5, 5.41) is 0.393. The molecule has 10 heteroatoms. The molecule has 39 heavy (non-hydrogen) atoms. The van der Waals surface area contributed by atoms with E-state index < -0.39 is 12.0 Å². The van der Waals surface area contributed by atoms with Gasteiger partial charge in [0.05, 0.1) is 12.2 Å². The van der Waals surface area contributed by atoms with E-state index in [-0.39, 0.29) is 55.2 Å². The van der Waals surface area contributed by atoms with Crippen LogP contribution in [0.25, 0.3) is 0 Å². The van der Waals surface area contributed by atoms with Gasteiger partial charge < -0.3 is 19.4 Å². The van der Waals surface area contributed by atoms with Crippen LogP contribution in [0.2, 0.25) is 5.02 Å². The van der Waals surface area contributed by atoms with E-state index in [1.165, 1.54) is 4.90 Å². The lowest BCUT2D eigenvalue weighted by Crippen LogP contribution is -2.51. The summed E-state index contributed by atoms with van der Waals surface area (Å²) in [7, 11) is 3.35. The van der Waals surface area contributed by atoms with Crippen molar-refractivity contribution in [2.24, 2.45) is 11.8 Å². The van der Waals surface area contributed by atoms with Gasteiger partial charge in [0, 0.05) is 57.5 Å². The van der Waals surface area contributed by atoms with E-state index in [1.54, 1.807) is 42.1 Å². The summed E-state index contributed by atoms with van der Waals surface area (Å²) in [5.41, 5.74) is 0.293. The van der Waals surface area contributed by atoms with E-state index in [2.05, 4.69) is 0 Å². The Morgan fingerprint density at radius 2 is 1.64 bits per heavy atom. The number of amides is 3. The molecule has 0 spiro atoms. The molecule has 1 aromatic carbocycles. The van der Waals surface area contributed by atoms with Crippen LogP contribution >= 0.6 is 11.6 Å². The first-order valence-corrected chi connectivity index (χ1v) is 14.4. The highest BCUT2D eigenvalue weighted by Crippen LogP contribution is 2.37.